The number of rotatable bonds is 3. The van der Waals surface area contributed by atoms with Gasteiger partial charge in [-0.25, -0.2) is 4.98 Å². The van der Waals surface area contributed by atoms with Gasteiger partial charge in [0.15, 0.2) is 5.13 Å². The number of fused-ring (bicyclic) bond motifs is 1. The van der Waals surface area contributed by atoms with E-state index in [-0.39, 0.29) is 6.10 Å². The Morgan fingerprint density at radius 2 is 2.53 bits per heavy atom. The number of primary amides is 1. The van der Waals surface area contributed by atoms with Crippen LogP contribution in [0.2, 0.25) is 0 Å². The maximum absolute atomic E-state index is 11.4. The van der Waals surface area contributed by atoms with E-state index < -0.39 is 5.91 Å². The van der Waals surface area contributed by atoms with Crippen molar-refractivity contribution in [1.29, 1.82) is 0 Å². The first-order chi connectivity index (χ1) is 9.19. The summed E-state index contributed by atoms with van der Waals surface area (Å²) in [5, 5.41) is 0.914. The quantitative estimate of drug-likeness (QED) is 0.920. The number of ether oxygens (including phenoxy) is 1. The van der Waals surface area contributed by atoms with Crippen LogP contribution in [0.25, 0.3) is 10.2 Å². The molecule has 6 heteroatoms. The Morgan fingerprint density at radius 1 is 1.68 bits per heavy atom. The highest BCUT2D eigenvalue weighted by molar-refractivity contribution is 7.22. The van der Waals surface area contributed by atoms with Crippen LogP contribution in [-0.4, -0.2) is 37.2 Å². The smallest absolute Gasteiger partial charge is 0.251 e. The lowest BCUT2D eigenvalue weighted by molar-refractivity contribution is 0.100. The second-order valence-corrected chi connectivity index (χ2v) is 5.53. The molecule has 0 bridgehead atoms. The molecular formula is C13H14N3O2S. The number of anilines is 1. The van der Waals surface area contributed by atoms with Crippen molar-refractivity contribution in [3.63, 3.8) is 0 Å². The molecule has 0 aliphatic carbocycles. The molecular weight excluding hydrogens is 262 g/mol. The predicted octanol–water partition coefficient (Wildman–Crippen LogP) is 1.42. The summed E-state index contributed by atoms with van der Waals surface area (Å²) in [6.07, 6.45) is 1.26. The number of thiazole rings is 1. The molecule has 2 N–H and O–H groups in total. The molecule has 1 unspecified atom stereocenters. The molecule has 1 atom stereocenters. The number of nitrogens with two attached hydrogens (primary N) is 1. The Morgan fingerprint density at radius 3 is 3.21 bits per heavy atom. The molecule has 1 radical (unpaired) electrons. The molecule has 1 saturated heterocycles. The number of methoxy groups -OCH3 is 1. The number of amides is 1. The summed E-state index contributed by atoms with van der Waals surface area (Å²) in [5.41, 5.74) is 6.36. The molecule has 1 aromatic carbocycles. The number of nitrogens with zero attached hydrogens (tertiary/aromatic N) is 2. The van der Waals surface area contributed by atoms with Crippen LogP contribution in [0.1, 0.15) is 16.8 Å². The van der Waals surface area contributed by atoms with E-state index in [2.05, 4.69) is 16.0 Å². The summed E-state index contributed by atoms with van der Waals surface area (Å²) in [6, 6.07) is 6.49. The van der Waals surface area contributed by atoms with Gasteiger partial charge in [-0.05, 0) is 18.6 Å². The minimum Gasteiger partial charge on any atom is -0.380 e. The van der Waals surface area contributed by atoms with E-state index in [0.29, 0.717) is 11.1 Å². The van der Waals surface area contributed by atoms with Crippen LogP contribution in [0, 0.1) is 6.07 Å². The highest BCUT2D eigenvalue weighted by Gasteiger charge is 2.25. The predicted molar refractivity (Wildman–Crippen MR) is 74.6 cm³/mol. The second kappa shape index (κ2) is 4.79. The van der Waals surface area contributed by atoms with Gasteiger partial charge < -0.3 is 15.4 Å². The van der Waals surface area contributed by atoms with Crippen molar-refractivity contribution in [1.82, 2.24) is 4.98 Å². The van der Waals surface area contributed by atoms with E-state index in [1.807, 2.05) is 6.07 Å². The zero-order chi connectivity index (χ0) is 13.4. The van der Waals surface area contributed by atoms with E-state index in [4.69, 9.17) is 10.5 Å². The molecule has 2 heterocycles. The zero-order valence-electron chi connectivity index (χ0n) is 10.5. The van der Waals surface area contributed by atoms with Gasteiger partial charge in [-0.3, -0.25) is 4.79 Å². The van der Waals surface area contributed by atoms with E-state index in [1.54, 1.807) is 24.5 Å². The number of carbonyl (C=O) groups is 1. The van der Waals surface area contributed by atoms with Crippen molar-refractivity contribution in [2.75, 3.05) is 25.1 Å². The molecule has 5 nitrogen and oxygen atoms in total. The largest absolute Gasteiger partial charge is 0.380 e. The third kappa shape index (κ3) is 2.17. The minimum atomic E-state index is -0.487. The summed E-state index contributed by atoms with van der Waals surface area (Å²) in [5.74, 6) is -0.487. The van der Waals surface area contributed by atoms with E-state index in [9.17, 15) is 4.79 Å². The Labute approximate surface area is 115 Å². The number of hydrogen-bond donors (Lipinski definition) is 1. The first kappa shape index (κ1) is 12.4. The summed E-state index contributed by atoms with van der Waals surface area (Å²) >= 11 is 1.57. The summed E-state index contributed by atoms with van der Waals surface area (Å²) < 4.78 is 6.32. The summed E-state index contributed by atoms with van der Waals surface area (Å²) in [4.78, 5) is 18.1. The number of carbonyl (C=O) groups excluding carboxylic acids is 1. The lowest BCUT2D eigenvalue weighted by Crippen LogP contribution is -2.21. The molecule has 99 valence electrons. The van der Waals surface area contributed by atoms with Crippen LogP contribution in [0.3, 0.4) is 0 Å². The lowest BCUT2D eigenvalue weighted by Gasteiger charge is -2.13. The fraction of sp³-hybridized carbons (Fsp3) is 0.385. The number of hydrogen-bond acceptors (Lipinski definition) is 5. The second-order valence-electron chi connectivity index (χ2n) is 4.52. The molecule has 1 aromatic heterocycles. The Bertz CT molecular complexity index is 625. The van der Waals surface area contributed by atoms with Gasteiger partial charge in [-0.15, -0.1) is 0 Å². The van der Waals surface area contributed by atoms with E-state index in [1.165, 1.54) is 0 Å². The van der Waals surface area contributed by atoms with Gasteiger partial charge in [-0.1, -0.05) is 17.4 Å². The van der Waals surface area contributed by atoms with Crippen molar-refractivity contribution in [3.05, 3.63) is 23.8 Å². The Kier molecular flexibility index (Phi) is 3.12. The van der Waals surface area contributed by atoms with Crippen LogP contribution >= 0.6 is 11.3 Å². The van der Waals surface area contributed by atoms with Gasteiger partial charge in [0.1, 0.15) is 0 Å². The Hall–Kier alpha value is -1.66. The monoisotopic (exact) mass is 276 g/mol. The topological polar surface area (TPSA) is 68.4 Å². The van der Waals surface area contributed by atoms with Crippen molar-refractivity contribution in [3.8, 4) is 0 Å². The van der Waals surface area contributed by atoms with Crippen molar-refractivity contribution < 1.29 is 9.53 Å². The number of benzene rings is 1. The fourth-order valence-electron chi connectivity index (χ4n) is 2.30. The molecule has 1 aliphatic rings. The first-order valence-electron chi connectivity index (χ1n) is 6.08. The Balaban J connectivity index is 1.98. The maximum atomic E-state index is 11.4. The van der Waals surface area contributed by atoms with Crippen LogP contribution in [-0.2, 0) is 4.74 Å². The average Bonchev–Trinajstić information content (AvgIpc) is 3.03. The van der Waals surface area contributed by atoms with Crippen molar-refractivity contribution in [2.45, 2.75) is 12.5 Å². The number of aromatic nitrogens is 1. The van der Waals surface area contributed by atoms with Crippen LogP contribution in [0.15, 0.2) is 12.1 Å². The summed E-state index contributed by atoms with van der Waals surface area (Å²) in [6.45, 7) is 1.76. The standard InChI is InChI=1S/C13H14N3O2S/c1-18-8-5-6-16(7-8)13-15-11-9(12(14)17)3-2-4-10(11)19-13/h2,4,8H,5-7H2,1H3,(H2,14,17). The van der Waals surface area contributed by atoms with Crippen molar-refractivity contribution in [2.24, 2.45) is 5.73 Å². The van der Waals surface area contributed by atoms with Crippen LogP contribution in [0.5, 0.6) is 0 Å². The highest BCUT2D eigenvalue weighted by Crippen LogP contribution is 2.32. The molecule has 3 rings (SSSR count). The van der Waals surface area contributed by atoms with Gasteiger partial charge in [0.25, 0.3) is 5.91 Å². The van der Waals surface area contributed by atoms with E-state index in [0.717, 1.165) is 29.3 Å². The average molecular weight is 276 g/mol. The third-order valence-corrected chi connectivity index (χ3v) is 4.42. The molecule has 1 aliphatic heterocycles. The lowest BCUT2D eigenvalue weighted by atomic mass is 10.2. The van der Waals surface area contributed by atoms with Crippen LogP contribution < -0.4 is 10.6 Å². The summed E-state index contributed by atoms with van der Waals surface area (Å²) in [7, 11) is 1.73. The molecule has 1 fully saturated rings. The fourth-order valence-corrected chi connectivity index (χ4v) is 3.31. The SMILES string of the molecule is COC1CCN(c2nc3c(C(N)=O)[c]ccc3s2)C1. The first-order valence-corrected chi connectivity index (χ1v) is 6.89. The molecule has 2 aromatic rings. The normalized spacial score (nSPS) is 19.2. The zero-order valence-corrected chi connectivity index (χ0v) is 11.4. The van der Waals surface area contributed by atoms with Gasteiger partial charge >= 0.3 is 0 Å². The van der Waals surface area contributed by atoms with E-state index >= 15 is 0 Å². The van der Waals surface area contributed by atoms with Gasteiger partial charge in [0, 0.05) is 20.2 Å². The molecule has 1 amide bonds. The van der Waals surface area contributed by atoms with Gasteiger partial charge in [0.2, 0.25) is 0 Å². The van der Waals surface area contributed by atoms with Gasteiger partial charge in [0.05, 0.1) is 21.9 Å². The van der Waals surface area contributed by atoms with Gasteiger partial charge in [-0.2, -0.15) is 0 Å². The molecule has 19 heavy (non-hydrogen) atoms. The highest BCUT2D eigenvalue weighted by atomic mass is 32.1. The van der Waals surface area contributed by atoms with Crippen molar-refractivity contribution >= 4 is 32.6 Å². The maximum Gasteiger partial charge on any atom is 0.251 e. The third-order valence-electron chi connectivity index (χ3n) is 3.34. The van der Waals surface area contributed by atoms with Crippen LogP contribution in [0.4, 0.5) is 5.13 Å². The molecule has 0 saturated carbocycles. The molecule has 0 spiro atoms. The minimum absolute atomic E-state index is 0.259.